The quantitative estimate of drug-likeness (QED) is 0.179. The average molecular weight is 465 g/mol. The van der Waals surface area contributed by atoms with E-state index in [2.05, 4.69) is 38.5 Å². The van der Waals surface area contributed by atoms with Crippen LogP contribution in [0.2, 0.25) is 0 Å². The van der Waals surface area contributed by atoms with Crippen molar-refractivity contribution in [1.29, 1.82) is 0 Å². The topological polar surface area (TPSA) is 20.2 Å². The second-order valence-electron chi connectivity index (χ2n) is 10.6. The van der Waals surface area contributed by atoms with Gasteiger partial charge in [0.1, 0.15) is 5.75 Å². The molecular weight excluding hydrogens is 408 g/mol. The van der Waals surface area contributed by atoms with Gasteiger partial charge in [-0.15, -0.1) is 0 Å². The summed E-state index contributed by atoms with van der Waals surface area (Å²) >= 11 is 0. The summed E-state index contributed by atoms with van der Waals surface area (Å²) in [4.78, 5) is 0. The van der Waals surface area contributed by atoms with Crippen molar-refractivity contribution in [1.82, 2.24) is 0 Å². The molecule has 1 aromatic carbocycles. The number of phenols is 1. The largest absolute Gasteiger partial charge is 0.508 e. The molecule has 0 aliphatic rings. The van der Waals surface area contributed by atoms with Gasteiger partial charge in [-0.3, -0.25) is 0 Å². The number of aryl methyl sites for hydroxylation is 1. The maximum Gasteiger partial charge on any atom is 0.119 e. The van der Waals surface area contributed by atoms with E-state index in [-0.39, 0.29) is 0 Å². The lowest BCUT2D eigenvalue weighted by Gasteiger charge is -2.32. The SMILES string of the molecule is CCCCCCCCCCCCS(C)(C)Cc1cc(CCCCCCCCC)ccc1O. The number of rotatable bonds is 21. The van der Waals surface area contributed by atoms with Crippen molar-refractivity contribution < 1.29 is 5.11 Å². The van der Waals surface area contributed by atoms with E-state index in [0.717, 1.165) is 12.2 Å². The highest BCUT2D eigenvalue weighted by Crippen LogP contribution is 2.46. The zero-order valence-corrected chi connectivity index (χ0v) is 23.0. The lowest BCUT2D eigenvalue weighted by molar-refractivity contribution is 0.470. The first-order chi connectivity index (χ1) is 15.5. The molecule has 188 valence electrons. The minimum absolute atomic E-state index is 0.511. The lowest BCUT2D eigenvalue weighted by atomic mass is 10.0. The van der Waals surface area contributed by atoms with Crippen LogP contribution in [0.4, 0.5) is 0 Å². The molecule has 0 aromatic heterocycles. The van der Waals surface area contributed by atoms with E-state index in [1.165, 1.54) is 126 Å². The monoisotopic (exact) mass is 464 g/mol. The van der Waals surface area contributed by atoms with Crippen LogP contribution in [0.25, 0.3) is 0 Å². The van der Waals surface area contributed by atoms with Crippen LogP contribution in [0.15, 0.2) is 18.2 Å². The molecular formula is C30H56OS. The Kier molecular flexibility index (Phi) is 17.2. The van der Waals surface area contributed by atoms with E-state index in [1.807, 2.05) is 6.07 Å². The predicted molar refractivity (Wildman–Crippen MR) is 150 cm³/mol. The van der Waals surface area contributed by atoms with Crippen molar-refractivity contribution in [2.45, 2.75) is 135 Å². The third-order valence-electron chi connectivity index (χ3n) is 6.81. The predicted octanol–water partition coefficient (Wildman–Crippen LogP) is 10.2. The van der Waals surface area contributed by atoms with Gasteiger partial charge in [0.25, 0.3) is 0 Å². The molecule has 0 amide bonds. The maximum absolute atomic E-state index is 10.4. The van der Waals surface area contributed by atoms with E-state index < -0.39 is 10.0 Å². The number of aromatic hydroxyl groups is 1. The van der Waals surface area contributed by atoms with Crippen LogP contribution in [0.1, 0.15) is 134 Å². The molecule has 0 spiro atoms. The molecule has 0 unspecified atom stereocenters. The third kappa shape index (κ3) is 15.3. The van der Waals surface area contributed by atoms with E-state index in [0.29, 0.717) is 5.75 Å². The highest BCUT2D eigenvalue weighted by Gasteiger charge is 2.15. The van der Waals surface area contributed by atoms with Gasteiger partial charge in [-0.2, -0.15) is 0 Å². The Balaban J connectivity index is 2.25. The van der Waals surface area contributed by atoms with E-state index in [9.17, 15) is 5.11 Å². The molecule has 32 heavy (non-hydrogen) atoms. The van der Waals surface area contributed by atoms with Crippen molar-refractivity contribution in [3.05, 3.63) is 29.3 Å². The molecule has 0 bridgehead atoms. The van der Waals surface area contributed by atoms with Gasteiger partial charge in [0, 0.05) is 11.3 Å². The Morgan fingerprint density at radius 2 is 1.09 bits per heavy atom. The summed E-state index contributed by atoms with van der Waals surface area (Å²) in [6.45, 7) is 4.57. The smallest absolute Gasteiger partial charge is 0.119 e. The first-order valence-electron chi connectivity index (χ1n) is 14.0. The van der Waals surface area contributed by atoms with Crippen LogP contribution in [0, 0.1) is 0 Å². The summed E-state index contributed by atoms with van der Waals surface area (Å²) in [5.74, 6) is 2.92. The second-order valence-corrected chi connectivity index (χ2v) is 14.9. The molecule has 1 aromatic rings. The Morgan fingerprint density at radius 1 is 0.625 bits per heavy atom. The van der Waals surface area contributed by atoms with E-state index in [4.69, 9.17) is 0 Å². The number of hydrogen-bond donors (Lipinski definition) is 1. The summed E-state index contributed by atoms with van der Waals surface area (Å²) in [6, 6.07) is 6.39. The minimum Gasteiger partial charge on any atom is -0.508 e. The van der Waals surface area contributed by atoms with Crippen LogP contribution in [0.3, 0.4) is 0 Å². The van der Waals surface area contributed by atoms with Crippen molar-refractivity contribution in [2.75, 3.05) is 18.3 Å². The van der Waals surface area contributed by atoms with Crippen LogP contribution in [0.5, 0.6) is 5.75 Å². The number of unbranched alkanes of at least 4 members (excludes halogenated alkanes) is 15. The summed E-state index contributed by atoms with van der Waals surface area (Å²) in [5, 5.41) is 10.4. The lowest BCUT2D eigenvalue weighted by Crippen LogP contribution is -2.05. The van der Waals surface area contributed by atoms with Crippen molar-refractivity contribution >= 4 is 10.0 Å². The van der Waals surface area contributed by atoms with Gasteiger partial charge in [0.05, 0.1) is 0 Å². The Morgan fingerprint density at radius 3 is 1.62 bits per heavy atom. The van der Waals surface area contributed by atoms with Crippen LogP contribution in [-0.4, -0.2) is 23.4 Å². The molecule has 2 heteroatoms. The fraction of sp³-hybridized carbons (Fsp3) is 0.800. The van der Waals surface area contributed by atoms with Gasteiger partial charge in [-0.1, -0.05) is 122 Å². The van der Waals surface area contributed by atoms with E-state index in [1.54, 1.807) is 0 Å². The molecule has 0 aliphatic carbocycles. The number of hydrogen-bond acceptors (Lipinski definition) is 1. The summed E-state index contributed by atoms with van der Waals surface area (Å²) in [6.07, 6.45) is 29.7. The highest BCUT2D eigenvalue weighted by molar-refractivity contribution is 8.32. The average Bonchev–Trinajstić information content (AvgIpc) is 2.76. The van der Waals surface area contributed by atoms with Gasteiger partial charge in [0.2, 0.25) is 0 Å². The third-order valence-corrected chi connectivity index (χ3v) is 9.30. The molecule has 0 atom stereocenters. The van der Waals surface area contributed by atoms with Crippen LogP contribution >= 0.6 is 10.0 Å². The molecule has 0 saturated heterocycles. The summed E-state index contributed by atoms with van der Waals surface area (Å²) in [5.41, 5.74) is 2.61. The van der Waals surface area contributed by atoms with Crippen molar-refractivity contribution in [3.8, 4) is 5.75 Å². The molecule has 1 rings (SSSR count). The number of phenolic OH excluding ortho intramolecular Hbond substituents is 1. The standard InChI is InChI=1S/C30H56OS/c1-5-7-9-11-13-14-15-17-19-21-25-32(3,4)27-29-26-28(23-24-30(29)31)22-20-18-16-12-10-8-6-2/h23-24,26,31H,5-22,25,27H2,1-4H3. The first-order valence-corrected chi connectivity index (χ1v) is 16.8. The normalized spacial score (nSPS) is 12.4. The fourth-order valence-corrected chi connectivity index (χ4v) is 6.87. The van der Waals surface area contributed by atoms with Crippen molar-refractivity contribution in [2.24, 2.45) is 0 Å². The van der Waals surface area contributed by atoms with Gasteiger partial charge in [0.15, 0.2) is 0 Å². The Bertz CT molecular complexity index is 566. The zero-order chi connectivity index (χ0) is 23.5. The molecule has 0 fully saturated rings. The molecule has 0 aliphatic heterocycles. The summed E-state index contributed by atoms with van der Waals surface area (Å²) < 4.78 is 0. The molecule has 0 saturated carbocycles. The second kappa shape index (κ2) is 18.8. The van der Waals surface area contributed by atoms with Gasteiger partial charge >= 0.3 is 0 Å². The highest BCUT2D eigenvalue weighted by atomic mass is 32.3. The fourth-order valence-electron chi connectivity index (χ4n) is 4.67. The zero-order valence-electron chi connectivity index (χ0n) is 22.2. The Labute approximate surface area is 203 Å². The minimum atomic E-state index is -0.680. The molecule has 1 N–H and O–H groups in total. The molecule has 1 nitrogen and oxygen atoms in total. The maximum atomic E-state index is 10.4. The van der Waals surface area contributed by atoms with Crippen molar-refractivity contribution in [3.63, 3.8) is 0 Å². The first kappa shape index (κ1) is 29.4. The van der Waals surface area contributed by atoms with Crippen LogP contribution in [-0.2, 0) is 12.2 Å². The molecule has 0 radical (unpaired) electrons. The molecule has 0 heterocycles. The van der Waals surface area contributed by atoms with E-state index >= 15 is 0 Å². The van der Waals surface area contributed by atoms with Gasteiger partial charge in [-0.05, 0) is 49.2 Å². The number of benzene rings is 1. The summed E-state index contributed by atoms with van der Waals surface area (Å²) in [7, 11) is -0.680. The Hall–Kier alpha value is -0.630. The van der Waals surface area contributed by atoms with Crippen LogP contribution < -0.4 is 0 Å². The van der Waals surface area contributed by atoms with Gasteiger partial charge in [-0.25, -0.2) is 10.0 Å². The van der Waals surface area contributed by atoms with Gasteiger partial charge < -0.3 is 5.11 Å².